The summed E-state index contributed by atoms with van der Waals surface area (Å²) in [7, 11) is 0. The highest BCUT2D eigenvalue weighted by Gasteiger charge is 2.16. The minimum Gasteiger partial charge on any atom is -0.368 e. The molecule has 120 valence electrons. The third kappa shape index (κ3) is 2.76. The summed E-state index contributed by atoms with van der Waals surface area (Å²) in [6, 6.07) is 10.2. The summed E-state index contributed by atoms with van der Waals surface area (Å²) in [5, 5.41) is 11.1. The van der Waals surface area contributed by atoms with E-state index < -0.39 is 0 Å². The quantitative estimate of drug-likeness (QED) is 0.518. The zero-order valence-corrected chi connectivity index (χ0v) is 12.8. The molecule has 0 amide bonds. The molecule has 1 atom stereocenters. The van der Waals surface area contributed by atoms with Crippen molar-refractivity contribution in [2.24, 2.45) is 0 Å². The lowest BCUT2D eigenvalue weighted by molar-refractivity contribution is 0.606. The Morgan fingerprint density at radius 2 is 2.08 bits per heavy atom. The normalized spacial score (nSPS) is 12.3. The van der Waals surface area contributed by atoms with Crippen molar-refractivity contribution in [3.8, 4) is 0 Å². The molecule has 4 aromatic rings. The Morgan fingerprint density at radius 3 is 2.88 bits per heavy atom. The summed E-state index contributed by atoms with van der Waals surface area (Å²) in [6.07, 6.45) is 7.17. The molecular formula is C16H16N8. The van der Waals surface area contributed by atoms with Crippen LogP contribution in [0.2, 0.25) is 0 Å². The average Bonchev–Trinajstić information content (AvgIpc) is 3.26. The fourth-order valence-electron chi connectivity index (χ4n) is 2.65. The Hall–Kier alpha value is -3.42. The van der Waals surface area contributed by atoms with E-state index in [1.54, 1.807) is 18.7 Å². The molecule has 1 unspecified atom stereocenters. The highest BCUT2D eigenvalue weighted by molar-refractivity contribution is 5.86. The maximum absolute atomic E-state index is 5.81. The Balaban J connectivity index is 1.72. The van der Waals surface area contributed by atoms with Gasteiger partial charge >= 0.3 is 0 Å². The molecule has 24 heavy (non-hydrogen) atoms. The van der Waals surface area contributed by atoms with Crippen molar-refractivity contribution < 1.29 is 0 Å². The van der Waals surface area contributed by atoms with E-state index in [-0.39, 0.29) is 12.0 Å². The van der Waals surface area contributed by atoms with Crippen LogP contribution >= 0.6 is 0 Å². The molecule has 0 radical (unpaired) electrons. The third-order valence-electron chi connectivity index (χ3n) is 3.79. The van der Waals surface area contributed by atoms with Gasteiger partial charge in [0, 0.05) is 18.9 Å². The second-order valence-electron chi connectivity index (χ2n) is 5.43. The zero-order chi connectivity index (χ0) is 16.4. The predicted molar refractivity (Wildman–Crippen MR) is 91.1 cm³/mol. The van der Waals surface area contributed by atoms with Crippen LogP contribution in [0.5, 0.6) is 0 Å². The first-order chi connectivity index (χ1) is 11.8. The van der Waals surface area contributed by atoms with Crippen LogP contribution < -0.4 is 11.1 Å². The van der Waals surface area contributed by atoms with Crippen molar-refractivity contribution in [3.63, 3.8) is 0 Å². The van der Waals surface area contributed by atoms with Crippen molar-refractivity contribution in [2.45, 2.75) is 12.6 Å². The van der Waals surface area contributed by atoms with Gasteiger partial charge in [0.15, 0.2) is 5.65 Å². The number of H-pyrrole nitrogens is 1. The number of nitrogens with one attached hydrogen (secondary N) is 2. The summed E-state index contributed by atoms with van der Waals surface area (Å²) < 4.78 is 2.02. The molecule has 4 N–H and O–H groups in total. The number of fused-ring (bicyclic) bond motifs is 1. The van der Waals surface area contributed by atoms with Crippen molar-refractivity contribution in [1.29, 1.82) is 0 Å². The Kier molecular flexibility index (Phi) is 3.54. The molecule has 0 aliphatic heterocycles. The number of hydrogen-bond acceptors (Lipinski definition) is 6. The molecule has 8 nitrogen and oxygen atoms in total. The first kappa shape index (κ1) is 14.2. The molecule has 4 rings (SSSR count). The Labute approximate surface area is 137 Å². The fraction of sp³-hybridized carbons (Fsp3) is 0.125. The molecule has 8 heteroatoms. The molecular weight excluding hydrogens is 304 g/mol. The van der Waals surface area contributed by atoms with E-state index in [0.717, 1.165) is 10.9 Å². The number of aromatic amines is 1. The number of benzene rings is 1. The van der Waals surface area contributed by atoms with Gasteiger partial charge in [0.05, 0.1) is 24.0 Å². The Bertz CT molecular complexity index is 929. The lowest BCUT2D eigenvalue weighted by Gasteiger charge is -2.20. The largest absolute Gasteiger partial charge is 0.368 e. The predicted octanol–water partition coefficient (Wildman–Crippen LogP) is 1.98. The van der Waals surface area contributed by atoms with Gasteiger partial charge in [0.2, 0.25) is 5.95 Å². The molecule has 0 saturated carbocycles. The SMILES string of the molecule is Nc1nc(NC(Cn2ccnc2)c2ccccc2)c2cn[nH]c2n1. The van der Waals surface area contributed by atoms with Gasteiger partial charge in [0.25, 0.3) is 0 Å². The second-order valence-corrected chi connectivity index (χ2v) is 5.43. The monoisotopic (exact) mass is 320 g/mol. The third-order valence-corrected chi connectivity index (χ3v) is 3.79. The van der Waals surface area contributed by atoms with Crippen LogP contribution in [-0.4, -0.2) is 29.7 Å². The highest BCUT2D eigenvalue weighted by Crippen LogP contribution is 2.25. The molecule has 0 fully saturated rings. The van der Waals surface area contributed by atoms with Crippen molar-refractivity contribution in [1.82, 2.24) is 29.7 Å². The van der Waals surface area contributed by atoms with Gasteiger partial charge in [-0.3, -0.25) is 5.10 Å². The maximum Gasteiger partial charge on any atom is 0.224 e. The maximum atomic E-state index is 5.81. The number of anilines is 2. The van der Waals surface area contributed by atoms with Gasteiger partial charge in [-0.15, -0.1) is 0 Å². The van der Waals surface area contributed by atoms with E-state index >= 15 is 0 Å². The van der Waals surface area contributed by atoms with Crippen LogP contribution in [0.4, 0.5) is 11.8 Å². The number of hydrogen-bond donors (Lipinski definition) is 3. The average molecular weight is 320 g/mol. The summed E-state index contributed by atoms with van der Waals surface area (Å²) >= 11 is 0. The number of nitrogens with zero attached hydrogens (tertiary/aromatic N) is 5. The summed E-state index contributed by atoms with van der Waals surface area (Å²) in [5.41, 5.74) is 7.56. The van der Waals surface area contributed by atoms with Gasteiger partial charge in [0.1, 0.15) is 5.82 Å². The molecule has 0 aliphatic rings. The van der Waals surface area contributed by atoms with Crippen molar-refractivity contribution >= 4 is 22.8 Å². The topological polar surface area (TPSA) is 110 Å². The van der Waals surface area contributed by atoms with E-state index in [0.29, 0.717) is 18.0 Å². The number of rotatable bonds is 5. The molecule has 0 bridgehead atoms. The van der Waals surface area contributed by atoms with Gasteiger partial charge in [-0.2, -0.15) is 15.1 Å². The fourth-order valence-corrected chi connectivity index (χ4v) is 2.65. The van der Waals surface area contributed by atoms with E-state index in [4.69, 9.17) is 5.73 Å². The van der Waals surface area contributed by atoms with Gasteiger partial charge in [-0.25, -0.2) is 4.98 Å². The minimum atomic E-state index is -0.00667. The standard InChI is InChI=1S/C16H16N8/c17-16-21-14(12-8-19-23-15(12)22-16)20-13(9-24-7-6-18-10-24)11-4-2-1-3-5-11/h1-8,10,13H,9H2,(H4,17,19,20,21,22,23). The lowest BCUT2D eigenvalue weighted by Crippen LogP contribution is -2.18. The van der Waals surface area contributed by atoms with Gasteiger partial charge < -0.3 is 15.6 Å². The molecule has 0 saturated heterocycles. The van der Waals surface area contributed by atoms with E-state index in [1.807, 2.05) is 29.0 Å². The van der Waals surface area contributed by atoms with Crippen LogP contribution in [0, 0.1) is 0 Å². The zero-order valence-electron chi connectivity index (χ0n) is 12.8. The number of nitrogen functional groups attached to an aromatic ring is 1. The van der Waals surface area contributed by atoms with Crippen LogP contribution in [-0.2, 0) is 6.54 Å². The summed E-state index contributed by atoms with van der Waals surface area (Å²) in [4.78, 5) is 12.6. The molecule has 0 aliphatic carbocycles. The number of imidazole rings is 1. The van der Waals surface area contributed by atoms with Crippen molar-refractivity contribution in [2.75, 3.05) is 11.1 Å². The summed E-state index contributed by atoms with van der Waals surface area (Å²) in [5.74, 6) is 0.851. The first-order valence-electron chi connectivity index (χ1n) is 7.53. The lowest BCUT2D eigenvalue weighted by atomic mass is 10.1. The van der Waals surface area contributed by atoms with E-state index in [1.165, 1.54) is 0 Å². The van der Waals surface area contributed by atoms with Crippen LogP contribution in [0.15, 0.2) is 55.2 Å². The van der Waals surface area contributed by atoms with Gasteiger partial charge in [-0.1, -0.05) is 30.3 Å². The van der Waals surface area contributed by atoms with Crippen molar-refractivity contribution in [3.05, 3.63) is 60.8 Å². The minimum absolute atomic E-state index is 0.00667. The molecule has 3 aromatic heterocycles. The summed E-state index contributed by atoms with van der Waals surface area (Å²) in [6.45, 7) is 0.702. The Morgan fingerprint density at radius 1 is 1.21 bits per heavy atom. The number of aromatic nitrogens is 6. The highest BCUT2D eigenvalue weighted by atomic mass is 15.2. The van der Waals surface area contributed by atoms with E-state index in [2.05, 4.69) is 42.6 Å². The second kappa shape index (κ2) is 5.99. The molecule has 0 spiro atoms. The molecule has 3 heterocycles. The van der Waals surface area contributed by atoms with E-state index in [9.17, 15) is 0 Å². The number of nitrogens with two attached hydrogens (primary N) is 1. The smallest absolute Gasteiger partial charge is 0.224 e. The van der Waals surface area contributed by atoms with Crippen LogP contribution in [0.25, 0.3) is 11.0 Å². The van der Waals surface area contributed by atoms with Crippen LogP contribution in [0.1, 0.15) is 11.6 Å². The van der Waals surface area contributed by atoms with Crippen LogP contribution in [0.3, 0.4) is 0 Å². The van der Waals surface area contributed by atoms with Gasteiger partial charge in [-0.05, 0) is 5.56 Å². The molecule has 1 aromatic carbocycles. The first-order valence-corrected chi connectivity index (χ1v) is 7.53.